The first kappa shape index (κ1) is 22.1. The number of nitrogens with one attached hydrogen (secondary N) is 2. The summed E-state index contributed by atoms with van der Waals surface area (Å²) in [6.07, 6.45) is 0. The molecule has 0 aromatic heterocycles. The van der Waals surface area contributed by atoms with Crippen molar-refractivity contribution in [2.24, 2.45) is 0 Å². The number of carbonyl (C=O) groups excluding carboxylic acids is 2. The molecule has 0 radical (unpaired) electrons. The van der Waals surface area contributed by atoms with Crippen molar-refractivity contribution < 1.29 is 14.3 Å². The zero-order valence-corrected chi connectivity index (χ0v) is 18.0. The van der Waals surface area contributed by atoms with Gasteiger partial charge in [0.2, 0.25) is 5.91 Å². The van der Waals surface area contributed by atoms with E-state index in [0.29, 0.717) is 23.5 Å². The molecule has 0 aliphatic rings. The lowest BCUT2D eigenvalue weighted by Crippen LogP contribution is -2.30. The van der Waals surface area contributed by atoms with Gasteiger partial charge in [-0.2, -0.15) is 0 Å². The van der Waals surface area contributed by atoms with Gasteiger partial charge in [0.1, 0.15) is 5.75 Å². The molecular formula is C25H27N3O3. The average Bonchev–Trinajstić information content (AvgIpc) is 2.74. The van der Waals surface area contributed by atoms with Gasteiger partial charge in [-0.15, -0.1) is 0 Å². The largest absolute Gasteiger partial charge is 0.497 e. The highest BCUT2D eigenvalue weighted by Crippen LogP contribution is 2.18. The van der Waals surface area contributed by atoms with E-state index in [0.717, 1.165) is 16.9 Å². The normalized spacial score (nSPS) is 10.6. The highest BCUT2D eigenvalue weighted by atomic mass is 16.5. The minimum Gasteiger partial charge on any atom is -0.497 e. The summed E-state index contributed by atoms with van der Waals surface area (Å²) in [4.78, 5) is 27.3. The molecule has 6 nitrogen and oxygen atoms in total. The number of amides is 2. The van der Waals surface area contributed by atoms with E-state index in [1.807, 2.05) is 67.4 Å². The third-order valence-electron chi connectivity index (χ3n) is 4.72. The summed E-state index contributed by atoms with van der Waals surface area (Å²) in [5.41, 5.74) is 3.70. The van der Waals surface area contributed by atoms with Crippen LogP contribution in [-0.4, -0.2) is 37.4 Å². The minimum absolute atomic E-state index is 0.186. The Balaban J connectivity index is 1.62. The van der Waals surface area contributed by atoms with Crippen molar-refractivity contribution in [2.75, 3.05) is 31.3 Å². The smallest absolute Gasteiger partial charge is 0.257 e. The molecule has 6 heteroatoms. The molecule has 3 rings (SSSR count). The summed E-state index contributed by atoms with van der Waals surface area (Å²) in [6, 6.07) is 22.3. The van der Waals surface area contributed by atoms with Crippen LogP contribution in [0.5, 0.6) is 5.75 Å². The Labute approximate surface area is 182 Å². The molecule has 0 bridgehead atoms. The van der Waals surface area contributed by atoms with Crippen molar-refractivity contribution in [3.8, 4) is 5.75 Å². The van der Waals surface area contributed by atoms with E-state index in [1.54, 1.807) is 31.4 Å². The van der Waals surface area contributed by atoms with E-state index in [1.165, 1.54) is 0 Å². The average molecular weight is 418 g/mol. The molecule has 31 heavy (non-hydrogen) atoms. The fraction of sp³-hybridized carbons (Fsp3) is 0.200. The van der Waals surface area contributed by atoms with Crippen LogP contribution >= 0.6 is 0 Å². The molecule has 0 saturated carbocycles. The highest BCUT2D eigenvalue weighted by molar-refractivity contribution is 6.10. The van der Waals surface area contributed by atoms with Gasteiger partial charge in [-0.1, -0.05) is 36.4 Å². The Morgan fingerprint density at radius 1 is 0.935 bits per heavy atom. The summed E-state index contributed by atoms with van der Waals surface area (Å²) in [7, 11) is 3.50. The van der Waals surface area contributed by atoms with Crippen LogP contribution in [0, 0.1) is 6.92 Å². The fourth-order valence-corrected chi connectivity index (χ4v) is 3.28. The molecule has 0 spiro atoms. The van der Waals surface area contributed by atoms with Crippen molar-refractivity contribution in [3.63, 3.8) is 0 Å². The van der Waals surface area contributed by atoms with Crippen molar-refractivity contribution in [2.45, 2.75) is 13.5 Å². The Morgan fingerprint density at radius 2 is 1.71 bits per heavy atom. The number of para-hydroxylation sites is 1. The quantitative estimate of drug-likeness (QED) is 0.572. The van der Waals surface area contributed by atoms with Gasteiger partial charge in [-0.05, 0) is 61.5 Å². The molecule has 0 heterocycles. The van der Waals surface area contributed by atoms with E-state index in [-0.39, 0.29) is 18.4 Å². The lowest BCUT2D eigenvalue weighted by molar-refractivity contribution is -0.117. The number of likely N-dealkylation sites (N-methyl/N-ethyl adjacent to an activating group) is 1. The van der Waals surface area contributed by atoms with Crippen molar-refractivity contribution in [3.05, 3.63) is 89.5 Å². The van der Waals surface area contributed by atoms with Gasteiger partial charge in [0, 0.05) is 12.2 Å². The monoisotopic (exact) mass is 417 g/mol. The van der Waals surface area contributed by atoms with Crippen LogP contribution in [0.1, 0.15) is 21.5 Å². The first-order valence-electron chi connectivity index (χ1n) is 10.0. The van der Waals surface area contributed by atoms with Gasteiger partial charge in [0.25, 0.3) is 5.91 Å². The SMILES string of the molecule is COc1cccc(CN(C)CC(=O)Nc2ccccc2C(=O)Nc2cccc(C)c2)c1. The first-order chi connectivity index (χ1) is 14.9. The molecule has 2 amide bonds. The van der Waals surface area contributed by atoms with E-state index >= 15 is 0 Å². The third kappa shape index (κ3) is 6.42. The zero-order valence-electron chi connectivity index (χ0n) is 18.0. The van der Waals surface area contributed by atoms with E-state index in [2.05, 4.69) is 10.6 Å². The maximum atomic E-state index is 12.8. The van der Waals surface area contributed by atoms with Gasteiger partial charge in [0.15, 0.2) is 0 Å². The lowest BCUT2D eigenvalue weighted by Gasteiger charge is -2.18. The molecule has 0 unspecified atom stereocenters. The number of benzene rings is 3. The lowest BCUT2D eigenvalue weighted by atomic mass is 10.1. The standard InChI is InChI=1S/C25H27N3O3/c1-18-8-6-10-20(14-18)26-25(30)22-12-4-5-13-23(22)27-24(29)17-28(2)16-19-9-7-11-21(15-19)31-3/h4-15H,16-17H2,1-3H3,(H,26,30)(H,27,29). The van der Waals surface area contributed by atoms with Gasteiger partial charge < -0.3 is 15.4 Å². The van der Waals surface area contributed by atoms with Crippen LogP contribution in [0.4, 0.5) is 11.4 Å². The number of anilines is 2. The Morgan fingerprint density at radius 3 is 2.48 bits per heavy atom. The van der Waals surface area contributed by atoms with Gasteiger partial charge in [-0.25, -0.2) is 0 Å². The topological polar surface area (TPSA) is 70.7 Å². The molecule has 160 valence electrons. The number of ether oxygens (including phenoxy) is 1. The fourth-order valence-electron chi connectivity index (χ4n) is 3.28. The summed E-state index contributed by atoms with van der Waals surface area (Å²) in [6.45, 7) is 2.75. The van der Waals surface area contributed by atoms with Crippen LogP contribution in [-0.2, 0) is 11.3 Å². The summed E-state index contributed by atoms with van der Waals surface area (Å²) in [5, 5.41) is 5.75. The van der Waals surface area contributed by atoms with Crippen LogP contribution in [0.15, 0.2) is 72.8 Å². The maximum absolute atomic E-state index is 12.8. The molecular weight excluding hydrogens is 390 g/mol. The number of hydrogen-bond donors (Lipinski definition) is 2. The molecule has 0 atom stereocenters. The first-order valence-corrected chi connectivity index (χ1v) is 10.0. The predicted molar refractivity (Wildman–Crippen MR) is 124 cm³/mol. The molecule has 3 aromatic rings. The van der Waals surface area contributed by atoms with Gasteiger partial charge >= 0.3 is 0 Å². The van der Waals surface area contributed by atoms with Crippen LogP contribution < -0.4 is 15.4 Å². The second-order valence-electron chi connectivity index (χ2n) is 7.44. The van der Waals surface area contributed by atoms with Crippen molar-refractivity contribution >= 4 is 23.2 Å². The Bertz CT molecular complexity index is 1070. The number of hydrogen-bond acceptors (Lipinski definition) is 4. The number of methoxy groups -OCH3 is 1. The number of nitrogens with zero attached hydrogens (tertiary/aromatic N) is 1. The van der Waals surface area contributed by atoms with E-state index < -0.39 is 0 Å². The second-order valence-corrected chi connectivity index (χ2v) is 7.44. The van der Waals surface area contributed by atoms with Crippen LogP contribution in [0.25, 0.3) is 0 Å². The molecule has 2 N–H and O–H groups in total. The predicted octanol–water partition coefficient (Wildman–Crippen LogP) is 4.33. The summed E-state index contributed by atoms with van der Waals surface area (Å²) >= 11 is 0. The number of rotatable bonds is 8. The van der Waals surface area contributed by atoms with Crippen LogP contribution in [0.3, 0.4) is 0 Å². The Kier molecular flexibility index (Phi) is 7.40. The van der Waals surface area contributed by atoms with Crippen molar-refractivity contribution in [1.82, 2.24) is 4.90 Å². The zero-order chi connectivity index (χ0) is 22.2. The Hall–Kier alpha value is -3.64. The summed E-state index contributed by atoms with van der Waals surface area (Å²) < 4.78 is 5.25. The third-order valence-corrected chi connectivity index (χ3v) is 4.72. The molecule has 3 aromatic carbocycles. The minimum atomic E-state index is -0.272. The van der Waals surface area contributed by atoms with Crippen LogP contribution in [0.2, 0.25) is 0 Å². The van der Waals surface area contributed by atoms with E-state index in [9.17, 15) is 9.59 Å². The van der Waals surface area contributed by atoms with Crippen molar-refractivity contribution in [1.29, 1.82) is 0 Å². The van der Waals surface area contributed by atoms with E-state index in [4.69, 9.17) is 4.74 Å². The molecule has 0 saturated heterocycles. The molecule has 0 fully saturated rings. The molecule has 0 aliphatic heterocycles. The second kappa shape index (κ2) is 10.4. The maximum Gasteiger partial charge on any atom is 0.257 e. The highest BCUT2D eigenvalue weighted by Gasteiger charge is 2.15. The van der Waals surface area contributed by atoms with Gasteiger partial charge in [-0.3, -0.25) is 14.5 Å². The summed E-state index contributed by atoms with van der Waals surface area (Å²) in [5.74, 6) is 0.316. The number of aryl methyl sites for hydroxylation is 1. The number of carbonyl (C=O) groups is 2. The molecule has 0 aliphatic carbocycles. The van der Waals surface area contributed by atoms with Gasteiger partial charge in [0.05, 0.1) is 24.9 Å².